The van der Waals surface area contributed by atoms with Crippen molar-refractivity contribution < 1.29 is 14.3 Å². The molecule has 2 atom stereocenters. The van der Waals surface area contributed by atoms with Gasteiger partial charge in [0.15, 0.2) is 0 Å². The van der Waals surface area contributed by atoms with Crippen molar-refractivity contribution in [2.45, 2.75) is 50.5 Å². The molecule has 1 saturated heterocycles. The number of aromatic nitrogens is 2. The number of hydrogen-bond donors (Lipinski definition) is 1. The number of amides is 1. The predicted molar refractivity (Wildman–Crippen MR) is 111 cm³/mol. The van der Waals surface area contributed by atoms with Gasteiger partial charge in [0.1, 0.15) is 11.6 Å². The Bertz CT molecular complexity index is 893. The van der Waals surface area contributed by atoms with Crippen LogP contribution in [0.5, 0.6) is 5.75 Å². The predicted octanol–water partition coefficient (Wildman–Crippen LogP) is 4.10. The lowest BCUT2D eigenvalue weighted by Gasteiger charge is -2.36. The summed E-state index contributed by atoms with van der Waals surface area (Å²) in [5.41, 5.74) is 2.90. The standard InChI is InChI=1S/C21H27N3O3S/c1-13-18-19(15-7-5-6-8-16(15)26-4)28-12-17(25)22-20(18)24(23-13)14-9-10-27-21(2,3)11-14/h5-8,14,19H,9-12H2,1-4H3,(H,22,25)/t14-,19-/m1/s1. The molecule has 0 aliphatic carbocycles. The largest absolute Gasteiger partial charge is 0.496 e. The summed E-state index contributed by atoms with van der Waals surface area (Å²) >= 11 is 1.62. The lowest BCUT2D eigenvalue weighted by atomic mass is 9.94. The molecule has 3 heterocycles. The van der Waals surface area contributed by atoms with E-state index < -0.39 is 0 Å². The first-order chi connectivity index (χ1) is 13.4. The average molecular weight is 402 g/mol. The molecule has 4 rings (SSSR count). The molecule has 1 amide bonds. The second-order valence-corrected chi connectivity index (χ2v) is 9.12. The second kappa shape index (κ2) is 7.44. The molecule has 1 aromatic carbocycles. The van der Waals surface area contributed by atoms with Crippen LogP contribution in [0.2, 0.25) is 0 Å². The number of nitrogens with one attached hydrogen (secondary N) is 1. The fourth-order valence-electron chi connectivity index (χ4n) is 4.21. The fourth-order valence-corrected chi connectivity index (χ4v) is 5.42. The highest BCUT2D eigenvalue weighted by molar-refractivity contribution is 8.00. The summed E-state index contributed by atoms with van der Waals surface area (Å²) in [6, 6.07) is 8.22. The summed E-state index contributed by atoms with van der Waals surface area (Å²) in [7, 11) is 1.69. The highest BCUT2D eigenvalue weighted by atomic mass is 32.2. The topological polar surface area (TPSA) is 65.4 Å². The van der Waals surface area contributed by atoms with Crippen LogP contribution in [0.15, 0.2) is 24.3 Å². The molecule has 1 fully saturated rings. The SMILES string of the molecule is COc1ccccc1[C@H]1SCC(=O)Nc2c1c(C)nn2[C@@H]1CCOC(C)(C)C1. The van der Waals surface area contributed by atoms with Crippen molar-refractivity contribution in [1.82, 2.24) is 9.78 Å². The van der Waals surface area contributed by atoms with Crippen LogP contribution >= 0.6 is 11.8 Å². The molecule has 7 heteroatoms. The van der Waals surface area contributed by atoms with Gasteiger partial charge in [-0.25, -0.2) is 4.68 Å². The van der Waals surface area contributed by atoms with E-state index in [1.54, 1.807) is 18.9 Å². The maximum absolute atomic E-state index is 12.5. The van der Waals surface area contributed by atoms with Gasteiger partial charge in [0.05, 0.1) is 35.4 Å². The van der Waals surface area contributed by atoms with E-state index >= 15 is 0 Å². The van der Waals surface area contributed by atoms with Gasteiger partial charge in [0.2, 0.25) is 5.91 Å². The molecule has 1 aromatic heterocycles. The number of fused-ring (bicyclic) bond motifs is 1. The van der Waals surface area contributed by atoms with Crippen molar-refractivity contribution in [3.05, 3.63) is 41.1 Å². The van der Waals surface area contributed by atoms with Gasteiger partial charge in [-0.3, -0.25) is 4.79 Å². The van der Waals surface area contributed by atoms with Crippen molar-refractivity contribution in [2.75, 3.05) is 24.8 Å². The highest BCUT2D eigenvalue weighted by Gasteiger charge is 2.36. The minimum atomic E-state index is -0.193. The molecular weight excluding hydrogens is 374 g/mol. The molecule has 2 aromatic rings. The van der Waals surface area contributed by atoms with Crippen LogP contribution in [0, 0.1) is 6.92 Å². The maximum atomic E-state index is 12.5. The number of aryl methyl sites for hydroxylation is 1. The minimum Gasteiger partial charge on any atom is -0.496 e. The van der Waals surface area contributed by atoms with Gasteiger partial charge in [0, 0.05) is 17.7 Å². The van der Waals surface area contributed by atoms with Crippen LogP contribution in [0.25, 0.3) is 0 Å². The van der Waals surface area contributed by atoms with Gasteiger partial charge < -0.3 is 14.8 Å². The van der Waals surface area contributed by atoms with Crippen molar-refractivity contribution in [2.24, 2.45) is 0 Å². The summed E-state index contributed by atoms with van der Waals surface area (Å²) in [5.74, 6) is 2.07. The van der Waals surface area contributed by atoms with Gasteiger partial charge in [-0.2, -0.15) is 5.10 Å². The summed E-state index contributed by atoms with van der Waals surface area (Å²) in [5, 5.41) is 8.01. The lowest BCUT2D eigenvalue weighted by Crippen LogP contribution is -2.36. The summed E-state index contributed by atoms with van der Waals surface area (Å²) in [6.07, 6.45) is 1.75. The molecule has 1 N–H and O–H groups in total. The first-order valence-corrected chi connectivity index (χ1v) is 10.7. The Labute approximate surface area is 170 Å². The number of carbonyl (C=O) groups excluding carboxylic acids is 1. The van der Waals surface area contributed by atoms with Crippen LogP contribution in [-0.2, 0) is 9.53 Å². The minimum absolute atomic E-state index is 0.00768. The highest BCUT2D eigenvalue weighted by Crippen LogP contribution is 2.47. The molecule has 2 aliphatic rings. The number of nitrogens with zero attached hydrogens (tertiary/aromatic N) is 2. The number of hydrogen-bond acceptors (Lipinski definition) is 5. The molecule has 6 nitrogen and oxygen atoms in total. The quantitative estimate of drug-likeness (QED) is 0.839. The van der Waals surface area contributed by atoms with Gasteiger partial charge in [-0.05, 0) is 39.7 Å². The van der Waals surface area contributed by atoms with Crippen molar-refractivity contribution in [3.8, 4) is 5.75 Å². The Kier molecular flexibility index (Phi) is 5.14. The van der Waals surface area contributed by atoms with Gasteiger partial charge in [-0.1, -0.05) is 18.2 Å². The number of carbonyl (C=O) groups is 1. The van der Waals surface area contributed by atoms with E-state index in [0.29, 0.717) is 12.4 Å². The molecule has 0 saturated carbocycles. The zero-order chi connectivity index (χ0) is 19.9. The normalized spacial score (nSPS) is 24.2. The van der Waals surface area contributed by atoms with Crippen LogP contribution < -0.4 is 10.1 Å². The molecular formula is C21H27N3O3S. The summed E-state index contributed by atoms with van der Waals surface area (Å²) in [4.78, 5) is 12.5. The van der Waals surface area contributed by atoms with Gasteiger partial charge >= 0.3 is 0 Å². The maximum Gasteiger partial charge on any atom is 0.235 e. The zero-order valence-electron chi connectivity index (χ0n) is 16.8. The van der Waals surface area contributed by atoms with E-state index in [-0.39, 0.29) is 22.8 Å². The van der Waals surface area contributed by atoms with E-state index in [2.05, 4.69) is 25.2 Å². The Balaban J connectivity index is 1.82. The van der Waals surface area contributed by atoms with Gasteiger partial charge in [0.25, 0.3) is 0 Å². The van der Waals surface area contributed by atoms with Crippen LogP contribution in [-0.4, -0.2) is 40.8 Å². The fraction of sp³-hybridized carbons (Fsp3) is 0.524. The van der Waals surface area contributed by atoms with Crippen molar-refractivity contribution >= 4 is 23.5 Å². The molecule has 28 heavy (non-hydrogen) atoms. The molecule has 0 unspecified atom stereocenters. The molecule has 0 spiro atoms. The molecule has 0 radical (unpaired) electrons. The average Bonchev–Trinajstić information content (AvgIpc) is 2.87. The molecule has 2 aliphatic heterocycles. The number of anilines is 1. The van der Waals surface area contributed by atoms with Crippen molar-refractivity contribution in [1.29, 1.82) is 0 Å². The molecule has 150 valence electrons. The number of thioether (sulfide) groups is 1. The monoisotopic (exact) mass is 401 g/mol. The van der Waals surface area contributed by atoms with Gasteiger partial charge in [-0.15, -0.1) is 11.8 Å². The number of rotatable bonds is 3. The Morgan fingerprint density at radius 2 is 2.14 bits per heavy atom. The first kappa shape index (κ1) is 19.3. The lowest BCUT2D eigenvalue weighted by molar-refractivity contribution is -0.113. The van der Waals surface area contributed by atoms with E-state index in [4.69, 9.17) is 14.6 Å². The Morgan fingerprint density at radius 1 is 1.36 bits per heavy atom. The number of benzene rings is 1. The number of methoxy groups -OCH3 is 1. The van der Waals surface area contributed by atoms with E-state index in [9.17, 15) is 4.79 Å². The Morgan fingerprint density at radius 3 is 2.89 bits per heavy atom. The number of ether oxygens (including phenoxy) is 2. The first-order valence-electron chi connectivity index (χ1n) is 9.67. The Hall–Kier alpha value is -1.99. The number of para-hydroxylation sites is 1. The van der Waals surface area contributed by atoms with E-state index in [1.807, 2.05) is 29.8 Å². The van der Waals surface area contributed by atoms with Crippen molar-refractivity contribution in [3.63, 3.8) is 0 Å². The third-order valence-corrected chi connectivity index (χ3v) is 6.72. The summed E-state index contributed by atoms with van der Waals surface area (Å²) in [6.45, 7) is 6.95. The third kappa shape index (κ3) is 3.53. The third-order valence-electron chi connectivity index (χ3n) is 5.47. The van der Waals surface area contributed by atoms with Crippen LogP contribution in [0.4, 0.5) is 5.82 Å². The van der Waals surface area contributed by atoms with Crippen LogP contribution in [0.1, 0.15) is 54.8 Å². The van der Waals surface area contributed by atoms with E-state index in [0.717, 1.165) is 41.2 Å². The van der Waals surface area contributed by atoms with Crippen LogP contribution in [0.3, 0.4) is 0 Å². The second-order valence-electron chi connectivity index (χ2n) is 8.03. The molecule has 0 bridgehead atoms. The van der Waals surface area contributed by atoms with E-state index in [1.165, 1.54) is 0 Å². The summed E-state index contributed by atoms with van der Waals surface area (Å²) < 4.78 is 13.5. The zero-order valence-corrected chi connectivity index (χ0v) is 17.6. The smallest absolute Gasteiger partial charge is 0.235 e.